The molecule has 16 heavy (non-hydrogen) atoms. The lowest BCUT2D eigenvalue weighted by atomic mass is 10.2. The van der Waals surface area contributed by atoms with Gasteiger partial charge >= 0.3 is 6.16 Å². The van der Waals surface area contributed by atoms with Crippen molar-refractivity contribution in [2.24, 2.45) is 0 Å². The van der Waals surface area contributed by atoms with E-state index in [0.29, 0.717) is 6.61 Å². The molecule has 0 amide bonds. The average Bonchev–Trinajstić information content (AvgIpc) is 2.33. The summed E-state index contributed by atoms with van der Waals surface area (Å²) >= 11 is 0. The fourth-order valence-electron chi connectivity index (χ4n) is 1.27. The molecule has 0 aliphatic carbocycles. The largest absolute Gasteiger partial charge is 0.508 e. The van der Waals surface area contributed by atoms with Gasteiger partial charge in [-0.05, 0) is 12.0 Å². The lowest BCUT2D eigenvalue weighted by Gasteiger charge is -2.05. The quantitative estimate of drug-likeness (QED) is 0.545. The zero-order chi connectivity index (χ0) is 11.6. The minimum Gasteiger partial charge on any atom is -0.434 e. The van der Waals surface area contributed by atoms with Crippen molar-refractivity contribution in [3.63, 3.8) is 0 Å². The summed E-state index contributed by atoms with van der Waals surface area (Å²) in [5.74, 6) is 0. The molecular formula is C13H18O3. The fraction of sp³-hybridized carbons (Fsp3) is 0.462. The number of unbranched alkanes of at least 4 members (excludes halogenated alkanes) is 2. The second-order valence-electron chi connectivity index (χ2n) is 3.58. The first-order valence-corrected chi connectivity index (χ1v) is 5.66. The van der Waals surface area contributed by atoms with E-state index in [-0.39, 0.29) is 6.61 Å². The molecule has 0 bridgehead atoms. The van der Waals surface area contributed by atoms with Crippen LogP contribution in [0.5, 0.6) is 0 Å². The molecule has 1 aromatic carbocycles. The van der Waals surface area contributed by atoms with Gasteiger partial charge in [0, 0.05) is 0 Å². The van der Waals surface area contributed by atoms with Crippen LogP contribution in [0.3, 0.4) is 0 Å². The first kappa shape index (κ1) is 12.6. The topological polar surface area (TPSA) is 35.5 Å². The Bertz CT molecular complexity index is 295. The summed E-state index contributed by atoms with van der Waals surface area (Å²) < 4.78 is 9.85. The molecule has 0 unspecified atom stereocenters. The summed E-state index contributed by atoms with van der Waals surface area (Å²) in [6.07, 6.45) is 2.51. The standard InChI is InChI=1S/C13H18O3/c1-2-3-7-10-15-13(14)16-11-12-8-5-4-6-9-12/h4-6,8-9H,2-3,7,10-11H2,1H3. The van der Waals surface area contributed by atoms with E-state index < -0.39 is 6.16 Å². The minimum absolute atomic E-state index is 0.271. The number of hydrogen-bond donors (Lipinski definition) is 0. The third-order valence-corrected chi connectivity index (χ3v) is 2.17. The van der Waals surface area contributed by atoms with Crippen molar-refractivity contribution in [2.45, 2.75) is 32.8 Å². The molecule has 0 fully saturated rings. The van der Waals surface area contributed by atoms with Gasteiger partial charge < -0.3 is 9.47 Å². The number of carbonyl (C=O) groups is 1. The Balaban J connectivity index is 2.11. The van der Waals surface area contributed by atoms with Crippen molar-refractivity contribution in [3.05, 3.63) is 35.9 Å². The lowest BCUT2D eigenvalue weighted by molar-refractivity contribution is 0.0488. The second-order valence-corrected chi connectivity index (χ2v) is 3.58. The predicted octanol–water partition coefficient (Wildman–Crippen LogP) is 3.53. The van der Waals surface area contributed by atoms with Gasteiger partial charge in [0.15, 0.2) is 0 Å². The fourth-order valence-corrected chi connectivity index (χ4v) is 1.27. The molecule has 0 heterocycles. The molecular weight excluding hydrogens is 204 g/mol. The van der Waals surface area contributed by atoms with Crippen LogP contribution in [0.2, 0.25) is 0 Å². The Labute approximate surface area is 96.4 Å². The van der Waals surface area contributed by atoms with Gasteiger partial charge in [-0.25, -0.2) is 4.79 Å². The molecule has 3 heteroatoms. The third-order valence-electron chi connectivity index (χ3n) is 2.17. The number of rotatable bonds is 6. The molecule has 1 aromatic rings. The third kappa shape index (κ3) is 5.39. The van der Waals surface area contributed by atoms with E-state index in [0.717, 1.165) is 24.8 Å². The van der Waals surface area contributed by atoms with Gasteiger partial charge in [-0.3, -0.25) is 0 Å². The van der Waals surface area contributed by atoms with Gasteiger partial charge in [0.1, 0.15) is 6.61 Å². The number of ether oxygens (including phenoxy) is 2. The molecule has 0 N–H and O–H groups in total. The monoisotopic (exact) mass is 222 g/mol. The predicted molar refractivity (Wildman–Crippen MR) is 62.1 cm³/mol. The first-order valence-electron chi connectivity index (χ1n) is 5.66. The molecule has 1 rings (SSSR count). The smallest absolute Gasteiger partial charge is 0.434 e. The van der Waals surface area contributed by atoms with Crippen molar-refractivity contribution in [1.82, 2.24) is 0 Å². The Kier molecular flexibility index (Phi) is 6.07. The van der Waals surface area contributed by atoms with Gasteiger partial charge in [-0.2, -0.15) is 0 Å². The maximum atomic E-state index is 11.1. The Hall–Kier alpha value is -1.51. The van der Waals surface area contributed by atoms with E-state index >= 15 is 0 Å². The van der Waals surface area contributed by atoms with Crippen LogP contribution in [-0.2, 0) is 16.1 Å². The van der Waals surface area contributed by atoms with Crippen LogP contribution >= 0.6 is 0 Å². The van der Waals surface area contributed by atoms with Crippen molar-refractivity contribution in [2.75, 3.05) is 6.61 Å². The van der Waals surface area contributed by atoms with Crippen LogP contribution in [0, 0.1) is 0 Å². The number of benzene rings is 1. The number of hydrogen-bond acceptors (Lipinski definition) is 3. The molecule has 88 valence electrons. The van der Waals surface area contributed by atoms with Gasteiger partial charge in [0.2, 0.25) is 0 Å². The molecule has 0 aromatic heterocycles. The molecule has 0 spiro atoms. The second kappa shape index (κ2) is 7.74. The minimum atomic E-state index is -0.583. The highest BCUT2D eigenvalue weighted by atomic mass is 16.7. The van der Waals surface area contributed by atoms with E-state index in [9.17, 15) is 4.79 Å². The van der Waals surface area contributed by atoms with Gasteiger partial charge in [-0.1, -0.05) is 50.1 Å². The SMILES string of the molecule is CCCCCOC(=O)OCc1ccccc1. The van der Waals surface area contributed by atoms with E-state index in [1.54, 1.807) is 0 Å². The highest BCUT2D eigenvalue weighted by Gasteiger charge is 2.03. The van der Waals surface area contributed by atoms with Crippen molar-refractivity contribution < 1.29 is 14.3 Å². The maximum Gasteiger partial charge on any atom is 0.508 e. The van der Waals surface area contributed by atoms with Crippen LogP contribution in [0.25, 0.3) is 0 Å². The van der Waals surface area contributed by atoms with Gasteiger partial charge in [-0.15, -0.1) is 0 Å². The summed E-state index contributed by atoms with van der Waals surface area (Å²) in [4.78, 5) is 11.1. The first-order chi connectivity index (χ1) is 7.83. The molecule has 0 aliphatic heterocycles. The molecule has 0 radical (unpaired) electrons. The van der Waals surface area contributed by atoms with Crippen LogP contribution in [0.1, 0.15) is 31.7 Å². The van der Waals surface area contributed by atoms with Crippen LogP contribution in [0.4, 0.5) is 4.79 Å². The normalized spacial score (nSPS) is 9.81. The van der Waals surface area contributed by atoms with E-state index in [1.807, 2.05) is 30.3 Å². The Morgan fingerprint density at radius 2 is 1.88 bits per heavy atom. The van der Waals surface area contributed by atoms with Crippen LogP contribution < -0.4 is 0 Å². The van der Waals surface area contributed by atoms with E-state index in [1.165, 1.54) is 0 Å². The maximum absolute atomic E-state index is 11.1. The molecule has 3 nitrogen and oxygen atoms in total. The average molecular weight is 222 g/mol. The lowest BCUT2D eigenvalue weighted by Crippen LogP contribution is -2.08. The van der Waals surface area contributed by atoms with Crippen LogP contribution in [-0.4, -0.2) is 12.8 Å². The molecule has 0 saturated heterocycles. The number of carbonyl (C=O) groups excluding carboxylic acids is 1. The summed E-state index contributed by atoms with van der Waals surface area (Å²) in [6.45, 7) is 2.82. The Morgan fingerprint density at radius 1 is 1.12 bits per heavy atom. The summed E-state index contributed by atoms with van der Waals surface area (Å²) in [5.41, 5.74) is 0.966. The highest BCUT2D eigenvalue weighted by Crippen LogP contribution is 2.02. The Morgan fingerprint density at radius 3 is 2.56 bits per heavy atom. The molecule has 0 atom stereocenters. The van der Waals surface area contributed by atoms with Crippen molar-refractivity contribution in [1.29, 1.82) is 0 Å². The van der Waals surface area contributed by atoms with Crippen molar-refractivity contribution >= 4 is 6.16 Å². The molecule has 0 aliphatic rings. The molecule has 0 saturated carbocycles. The van der Waals surface area contributed by atoms with Gasteiger partial charge in [0.25, 0.3) is 0 Å². The van der Waals surface area contributed by atoms with E-state index in [4.69, 9.17) is 9.47 Å². The zero-order valence-electron chi connectivity index (χ0n) is 9.65. The highest BCUT2D eigenvalue weighted by molar-refractivity contribution is 5.59. The van der Waals surface area contributed by atoms with Crippen molar-refractivity contribution in [3.8, 4) is 0 Å². The zero-order valence-corrected chi connectivity index (χ0v) is 9.65. The van der Waals surface area contributed by atoms with Gasteiger partial charge in [0.05, 0.1) is 6.61 Å². The van der Waals surface area contributed by atoms with Crippen LogP contribution in [0.15, 0.2) is 30.3 Å². The summed E-state index contributed by atoms with van der Waals surface area (Å²) in [7, 11) is 0. The summed E-state index contributed by atoms with van der Waals surface area (Å²) in [5, 5.41) is 0. The van der Waals surface area contributed by atoms with E-state index in [2.05, 4.69) is 6.92 Å². The summed E-state index contributed by atoms with van der Waals surface area (Å²) in [6, 6.07) is 9.55.